The summed E-state index contributed by atoms with van der Waals surface area (Å²) in [6.07, 6.45) is 0. The lowest BCUT2D eigenvalue weighted by Crippen LogP contribution is -2.15. The highest BCUT2D eigenvalue weighted by atomic mass is 14.4. The summed E-state index contributed by atoms with van der Waals surface area (Å²) in [6, 6.07) is 45.1. The van der Waals surface area contributed by atoms with Crippen molar-refractivity contribution in [2.45, 2.75) is 19.3 Å². The molecule has 0 N–H and O–H groups in total. The Balaban J connectivity index is 1.55. The number of fused-ring (bicyclic) bond motifs is 10. The second kappa shape index (κ2) is 7.31. The summed E-state index contributed by atoms with van der Waals surface area (Å²) in [6.45, 7) is 4.78. The summed E-state index contributed by atoms with van der Waals surface area (Å²) < 4.78 is 0. The van der Waals surface area contributed by atoms with E-state index in [1.807, 2.05) is 0 Å². The molecule has 0 saturated heterocycles. The van der Waals surface area contributed by atoms with Gasteiger partial charge in [-0.25, -0.2) is 0 Å². The normalized spacial score (nSPS) is 13.9. The van der Waals surface area contributed by atoms with Crippen LogP contribution in [0.3, 0.4) is 0 Å². The Labute approximate surface area is 216 Å². The first-order valence-electron chi connectivity index (χ1n) is 13.1. The Kier molecular flexibility index (Phi) is 4.10. The zero-order valence-corrected chi connectivity index (χ0v) is 21.0. The van der Waals surface area contributed by atoms with Gasteiger partial charge in [0.25, 0.3) is 0 Å². The molecule has 37 heavy (non-hydrogen) atoms. The van der Waals surface area contributed by atoms with Gasteiger partial charge in [0.1, 0.15) is 0 Å². The molecule has 0 spiro atoms. The topological polar surface area (TPSA) is 0 Å². The van der Waals surface area contributed by atoms with Crippen molar-refractivity contribution < 1.29 is 0 Å². The van der Waals surface area contributed by atoms with Crippen LogP contribution >= 0.6 is 0 Å². The second-order valence-electron chi connectivity index (χ2n) is 10.9. The predicted molar refractivity (Wildman–Crippen MR) is 159 cm³/mol. The molecule has 7 aromatic carbocycles. The predicted octanol–water partition coefficient (Wildman–Crippen LogP) is 10.3. The van der Waals surface area contributed by atoms with Gasteiger partial charge >= 0.3 is 0 Å². The summed E-state index contributed by atoms with van der Waals surface area (Å²) in [4.78, 5) is 0. The van der Waals surface area contributed by atoms with E-state index in [-0.39, 0.29) is 5.41 Å². The van der Waals surface area contributed by atoms with Gasteiger partial charge < -0.3 is 0 Å². The SMILES string of the molecule is CC1(C)c2ccc3ccccc3c2-c2c1cc(-c1cc3ccccc3c3ccccc13)c1ccccc21. The highest BCUT2D eigenvalue weighted by molar-refractivity contribution is 6.19. The van der Waals surface area contributed by atoms with Crippen molar-refractivity contribution >= 4 is 43.1 Å². The maximum Gasteiger partial charge on any atom is 0.0159 e. The lowest BCUT2D eigenvalue weighted by atomic mass is 9.80. The lowest BCUT2D eigenvalue weighted by molar-refractivity contribution is 0.661. The van der Waals surface area contributed by atoms with Gasteiger partial charge in [-0.2, -0.15) is 0 Å². The van der Waals surface area contributed by atoms with Gasteiger partial charge in [0, 0.05) is 5.41 Å². The molecular formula is C37H26. The number of hydrogen-bond acceptors (Lipinski definition) is 0. The van der Waals surface area contributed by atoms with E-state index in [4.69, 9.17) is 0 Å². The minimum Gasteiger partial charge on any atom is -0.0616 e. The molecule has 0 heterocycles. The van der Waals surface area contributed by atoms with E-state index in [0.717, 1.165) is 0 Å². The summed E-state index contributed by atoms with van der Waals surface area (Å²) in [5.41, 5.74) is 8.20. The molecule has 0 heteroatoms. The molecule has 0 bridgehead atoms. The van der Waals surface area contributed by atoms with Crippen LogP contribution in [0.25, 0.3) is 65.3 Å². The molecule has 1 aliphatic rings. The molecule has 1 aliphatic carbocycles. The van der Waals surface area contributed by atoms with Crippen LogP contribution in [0.5, 0.6) is 0 Å². The van der Waals surface area contributed by atoms with Gasteiger partial charge in [-0.1, -0.05) is 123 Å². The maximum absolute atomic E-state index is 2.50. The van der Waals surface area contributed by atoms with E-state index in [0.29, 0.717) is 0 Å². The minimum atomic E-state index is -0.0832. The number of rotatable bonds is 1. The second-order valence-corrected chi connectivity index (χ2v) is 10.9. The van der Waals surface area contributed by atoms with E-state index in [1.54, 1.807) is 0 Å². The van der Waals surface area contributed by atoms with Gasteiger partial charge in [0.2, 0.25) is 0 Å². The van der Waals surface area contributed by atoms with Crippen molar-refractivity contribution in [3.63, 3.8) is 0 Å². The molecule has 0 aliphatic heterocycles. The Morgan fingerprint density at radius 2 is 0.892 bits per heavy atom. The Bertz CT molecular complexity index is 2060. The lowest BCUT2D eigenvalue weighted by Gasteiger charge is -2.23. The summed E-state index contributed by atoms with van der Waals surface area (Å²) >= 11 is 0. The average molecular weight is 471 g/mol. The highest BCUT2D eigenvalue weighted by Crippen LogP contribution is 2.55. The van der Waals surface area contributed by atoms with Gasteiger partial charge in [-0.05, 0) is 88.6 Å². The molecule has 0 atom stereocenters. The van der Waals surface area contributed by atoms with Gasteiger partial charge in [0.15, 0.2) is 0 Å². The van der Waals surface area contributed by atoms with Crippen LogP contribution in [0.4, 0.5) is 0 Å². The Morgan fingerprint density at radius 1 is 0.378 bits per heavy atom. The molecule has 7 aromatic rings. The average Bonchev–Trinajstić information content (AvgIpc) is 3.19. The molecule has 0 saturated carbocycles. The smallest absolute Gasteiger partial charge is 0.0159 e. The van der Waals surface area contributed by atoms with Crippen molar-refractivity contribution in [1.82, 2.24) is 0 Å². The van der Waals surface area contributed by atoms with Crippen LogP contribution in [-0.4, -0.2) is 0 Å². The quantitative estimate of drug-likeness (QED) is 0.209. The summed E-state index contributed by atoms with van der Waals surface area (Å²) in [7, 11) is 0. The monoisotopic (exact) mass is 470 g/mol. The molecule has 8 rings (SSSR count). The van der Waals surface area contributed by atoms with Crippen molar-refractivity contribution in [3.8, 4) is 22.3 Å². The number of hydrogen-bond donors (Lipinski definition) is 0. The molecule has 0 radical (unpaired) electrons. The molecular weight excluding hydrogens is 444 g/mol. The van der Waals surface area contributed by atoms with E-state index in [2.05, 4.69) is 135 Å². The van der Waals surface area contributed by atoms with Crippen LogP contribution in [-0.2, 0) is 5.41 Å². The minimum absolute atomic E-state index is 0.0832. The maximum atomic E-state index is 2.50. The van der Waals surface area contributed by atoms with Crippen LogP contribution in [0.2, 0.25) is 0 Å². The van der Waals surface area contributed by atoms with Crippen molar-refractivity contribution in [3.05, 3.63) is 132 Å². The van der Waals surface area contributed by atoms with Crippen LogP contribution in [0.1, 0.15) is 25.0 Å². The first-order chi connectivity index (χ1) is 18.1. The third-order valence-electron chi connectivity index (χ3n) is 8.63. The Morgan fingerprint density at radius 3 is 1.65 bits per heavy atom. The van der Waals surface area contributed by atoms with Crippen LogP contribution in [0, 0.1) is 0 Å². The van der Waals surface area contributed by atoms with Crippen molar-refractivity contribution in [1.29, 1.82) is 0 Å². The van der Waals surface area contributed by atoms with Crippen LogP contribution in [0.15, 0.2) is 121 Å². The van der Waals surface area contributed by atoms with E-state index in [1.165, 1.54) is 76.5 Å². The van der Waals surface area contributed by atoms with Gasteiger partial charge in [-0.3, -0.25) is 0 Å². The molecule has 0 fully saturated rings. The largest absolute Gasteiger partial charge is 0.0616 e. The van der Waals surface area contributed by atoms with E-state index < -0.39 is 0 Å². The molecule has 0 amide bonds. The fraction of sp³-hybridized carbons (Fsp3) is 0.0811. The van der Waals surface area contributed by atoms with E-state index in [9.17, 15) is 0 Å². The van der Waals surface area contributed by atoms with Gasteiger partial charge in [0.05, 0.1) is 0 Å². The standard InChI is InChI=1S/C37H26/c1-37(2)33-20-19-23-11-3-6-14-26(23)35(33)36-30-18-10-9-17-29(30)32(22-34(36)37)31-21-24-12-4-5-13-25(24)27-15-7-8-16-28(27)31/h3-22H,1-2H3. The fourth-order valence-electron chi connectivity index (χ4n) is 6.84. The zero-order valence-electron chi connectivity index (χ0n) is 21.0. The number of benzene rings is 7. The molecule has 0 aromatic heterocycles. The first-order valence-corrected chi connectivity index (χ1v) is 13.1. The fourth-order valence-corrected chi connectivity index (χ4v) is 6.84. The first kappa shape index (κ1) is 20.7. The van der Waals surface area contributed by atoms with Gasteiger partial charge in [-0.15, -0.1) is 0 Å². The highest BCUT2D eigenvalue weighted by Gasteiger charge is 2.38. The van der Waals surface area contributed by atoms with Crippen LogP contribution < -0.4 is 0 Å². The third-order valence-corrected chi connectivity index (χ3v) is 8.63. The molecule has 0 unspecified atom stereocenters. The Hall–Kier alpha value is -4.42. The third kappa shape index (κ3) is 2.73. The van der Waals surface area contributed by atoms with E-state index >= 15 is 0 Å². The molecule has 0 nitrogen and oxygen atoms in total. The molecule has 174 valence electrons. The summed E-state index contributed by atoms with van der Waals surface area (Å²) in [5, 5.41) is 10.5. The van der Waals surface area contributed by atoms with Crippen molar-refractivity contribution in [2.24, 2.45) is 0 Å². The van der Waals surface area contributed by atoms with Crippen molar-refractivity contribution in [2.75, 3.05) is 0 Å². The zero-order chi connectivity index (χ0) is 24.7. The summed E-state index contributed by atoms with van der Waals surface area (Å²) in [5.74, 6) is 0.